The molecule has 1 amide bonds. The molecule has 23 heavy (non-hydrogen) atoms. The van der Waals surface area contributed by atoms with E-state index in [0.717, 1.165) is 24.8 Å². The molecule has 1 saturated heterocycles. The van der Waals surface area contributed by atoms with E-state index in [1.54, 1.807) is 18.5 Å². The fourth-order valence-electron chi connectivity index (χ4n) is 3.52. The van der Waals surface area contributed by atoms with Crippen molar-refractivity contribution in [3.63, 3.8) is 0 Å². The predicted octanol–water partition coefficient (Wildman–Crippen LogP) is 2.52. The Morgan fingerprint density at radius 3 is 3.09 bits per heavy atom. The molecule has 6 heteroatoms. The zero-order chi connectivity index (χ0) is 15.6. The summed E-state index contributed by atoms with van der Waals surface area (Å²) in [6.07, 6.45) is 7.93. The largest absolute Gasteiger partial charge is 0.374 e. The van der Waals surface area contributed by atoms with Crippen molar-refractivity contribution < 1.29 is 14.1 Å². The number of nitrogens with zero attached hydrogens (tertiary/aromatic N) is 3. The number of ether oxygens (including phenoxy) is 1. The van der Waals surface area contributed by atoms with Crippen LogP contribution in [0, 0.1) is 0 Å². The van der Waals surface area contributed by atoms with Crippen LogP contribution < -0.4 is 0 Å². The number of aromatic nitrogens is 2. The summed E-state index contributed by atoms with van der Waals surface area (Å²) in [6.45, 7) is 1.22. The number of hydrogen-bond donors (Lipinski definition) is 0. The number of hydrogen-bond acceptors (Lipinski definition) is 5. The predicted molar refractivity (Wildman–Crippen MR) is 82.8 cm³/mol. The highest BCUT2D eigenvalue weighted by molar-refractivity contribution is 5.93. The molecule has 0 aromatic carbocycles. The summed E-state index contributed by atoms with van der Waals surface area (Å²) in [5.74, 6) is 0.499. The molecule has 1 aliphatic carbocycles. The zero-order valence-electron chi connectivity index (χ0n) is 12.9. The van der Waals surface area contributed by atoms with Crippen molar-refractivity contribution in [1.29, 1.82) is 0 Å². The smallest absolute Gasteiger partial charge is 0.276 e. The third-order valence-corrected chi connectivity index (χ3v) is 4.67. The first-order chi connectivity index (χ1) is 11.3. The molecule has 120 valence electrons. The Kier molecular flexibility index (Phi) is 3.83. The molecule has 0 spiro atoms. The quantitative estimate of drug-likeness (QED) is 0.852. The van der Waals surface area contributed by atoms with Gasteiger partial charge >= 0.3 is 0 Å². The van der Waals surface area contributed by atoms with Gasteiger partial charge in [-0.25, -0.2) is 0 Å². The minimum absolute atomic E-state index is 0.0657. The van der Waals surface area contributed by atoms with Crippen LogP contribution in [0.4, 0.5) is 0 Å². The highest BCUT2D eigenvalue weighted by Crippen LogP contribution is 2.30. The number of pyridine rings is 1. The molecule has 2 aliphatic rings. The van der Waals surface area contributed by atoms with Crippen LogP contribution >= 0.6 is 0 Å². The molecule has 0 unspecified atom stereocenters. The van der Waals surface area contributed by atoms with E-state index in [0.29, 0.717) is 24.6 Å². The molecule has 2 fully saturated rings. The van der Waals surface area contributed by atoms with Gasteiger partial charge in [0.15, 0.2) is 11.5 Å². The van der Waals surface area contributed by atoms with Crippen LogP contribution in [0.1, 0.15) is 36.2 Å². The van der Waals surface area contributed by atoms with Gasteiger partial charge in [-0.05, 0) is 25.0 Å². The van der Waals surface area contributed by atoms with Crippen LogP contribution in [0.5, 0.6) is 0 Å². The average Bonchev–Trinajstić information content (AvgIpc) is 3.11. The Hall–Kier alpha value is -2.21. The fraction of sp³-hybridized carbons (Fsp3) is 0.471. The van der Waals surface area contributed by atoms with Gasteiger partial charge in [0.2, 0.25) is 0 Å². The number of fused-ring (bicyclic) bond motifs is 1. The minimum Gasteiger partial charge on any atom is -0.374 e. The number of carbonyl (C=O) groups is 1. The van der Waals surface area contributed by atoms with E-state index < -0.39 is 0 Å². The summed E-state index contributed by atoms with van der Waals surface area (Å²) in [4.78, 5) is 18.8. The molecular weight excluding hydrogens is 294 g/mol. The number of carbonyl (C=O) groups excluding carboxylic acids is 1. The van der Waals surface area contributed by atoms with E-state index in [9.17, 15) is 4.79 Å². The molecule has 2 aromatic rings. The second kappa shape index (κ2) is 6.12. The second-order valence-electron chi connectivity index (χ2n) is 6.08. The van der Waals surface area contributed by atoms with Crippen molar-refractivity contribution in [2.45, 2.75) is 37.8 Å². The van der Waals surface area contributed by atoms with E-state index in [2.05, 4.69) is 10.1 Å². The first kappa shape index (κ1) is 14.4. The molecule has 2 aromatic heterocycles. The molecular formula is C17H19N3O3. The third kappa shape index (κ3) is 2.74. The first-order valence-electron chi connectivity index (χ1n) is 8.12. The van der Waals surface area contributed by atoms with Crippen molar-refractivity contribution in [2.24, 2.45) is 0 Å². The van der Waals surface area contributed by atoms with Crippen molar-refractivity contribution >= 4 is 5.91 Å². The maximum atomic E-state index is 12.8. The Bertz CT molecular complexity index is 683. The molecule has 6 nitrogen and oxygen atoms in total. The zero-order valence-corrected chi connectivity index (χ0v) is 12.9. The van der Waals surface area contributed by atoms with E-state index in [1.807, 2.05) is 17.0 Å². The van der Waals surface area contributed by atoms with Gasteiger partial charge in [-0.3, -0.25) is 9.78 Å². The molecule has 2 atom stereocenters. The van der Waals surface area contributed by atoms with Gasteiger partial charge in [0.1, 0.15) is 0 Å². The van der Waals surface area contributed by atoms with Crippen LogP contribution in [0.15, 0.2) is 35.1 Å². The van der Waals surface area contributed by atoms with Crippen molar-refractivity contribution in [2.75, 3.05) is 13.2 Å². The maximum absolute atomic E-state index is 12.8. The molecule has 0 bridgehead atoms. The van der Waals surface area contributed by atoms with Gasteiger partial charge < -0.3 is 14.2 Å². The van der Waals surface area contributed by atoms with Gasteiger partial charge in [-0.15, -0.1) is 0 Å². The lowest BCUT2D eigenvalue weighted by molar-refractivity contribution is -0.0755. The van der Waals surface area contributed by atoms with E-state index >= 15 is 0 Å². The van der Waals surface area contributed by atoms with Crippen molar-refractivity contribution in [3.05, 3.63) is 36.3 Å². The Morgan fingerprint density at radius 1 is 1.30 bits per heavy atom. The molecule has 4 rings (SSSR count). The van der Waals surface area contributed by atoms with Gasteiger partial charge in [0, 0.05) is 30.6 Å². The normalized spacial score (nSPS) is 24.3. The number of rotatable bonds is 2. The summed E-state index contributed by atoms with van der Waals surface area (Å²) >= 11 is 0. The third-order valence-electron chi connectivity index (χ3n) is 4.67. The monoisotopic (exact) mass is 313 g/mol. The Balaban J connectivity index is 1.56. The molecule has 1 saturated carbocycles. The lowest BCUT2D eigenvalue weighted by atomic mass is 9.90. The SMILES string of the molecule is O=C(c1cc(-c2cccnc2)on1)N1CCO[C@@H]2CCCC[C@@H]21. The summed E-state index contributed by atoms with van der Waals surface area (Å²) in [6, 6.07) is 5.58. The van der Waals surface area contributed by atoms with Gasteiger partial charge in [0.05, 0.1) is 18.8 Å². The van der Waals surface area contributed by atoms with E-state index in [-0.39, 0.29) is 18.1 Å². The van der Waals surface area contributed by atoms with Crippen LogP contribution in [-0.4, -0.2) is 46.2 Å². The van der Waals surface area contributed by atoms with Gasteiger partial charge in [-0.1, -0.05) is 18.0 Å². The van der Waals surface area contributed by atoms with Crippen LogP contribution in [0.25, 0.3) is 11.3 Å². The lowest BCUT2D eigenvalue weighted by Gasteiger charge is -2.43. The standard InChI is InChI=1S/C17H19N3O3/c21-17(20-8-9-22-15-6-2-1-5-14(15)20)13-10-16(23-19-13)12-4-3-7-18-11-12/h3-4,7,10-11,14-15H,1-2,5-6,8-9H2/t14-,15+/m0/s1. The summed E-state index contributed by atoms with van der Waals surface area (Å²) < 4.78 is 11.2. The number of amides is 1. The minimum atomic E-state index is -0.0657. The van der Waals surface area contributed by atoms with Crippen molar-refractivity contribution in [1.82, 2.24) is 15.0 Å². The van der Waals surface area contributed by atoms with Gasteiger partial charge in [-0.2, -0.15) is 0 Å². The van der Waals surface area contributed by atoms with E-state index in [1.165, 1.54) is 6.42 Å². The molecule has 0 radical (unpaired) electrons. The van der Waals surface area contributed by atoms with Crippen LogP contribution in [-0.2, 0) is 4.74 Å². The van der Waals surface area contributed by atoms with Crippen LogP contribution in [0.2, 0.25) is 0 Å². The summed E-state index contributed by atoms with van der Waals surface area (Å²) in [7, 11) is 0. The lowest BCUT2D eigenvalue weighted by Crippen LogP contribution is -2.54. The summed E-state index contributed by atoms with van der Waals surface area (Å²) in [5, 5.41) is 3.97. The first-order valence-corrected chi connectivity index (χ1v) is 8.12. The summed E-state index contributed by atoms with van der Waals surface area (Å²) in [5.41, 5.74) is 1.17. The second-order valence-corrected chi connectivity index (χ2v) is 6.08. The highest BCUT2D eigenvalue weighted by atomic mass is 16.5. The molecule has 1 aliphatic heterocycles. The average molecular weight is 313 g/mol. The maximum Gasteiger partial charge on any atom is 0.276 e. The van der Waals surface area contributed by atoms with E-state index in [4.69, 9.17) is 9.26 Å². The Labute approximate surface area is 134 Å². The number of morpholine rings is 1. The van der Waals surface area contributed by atoms with Crippen LogP contribution in [0.3, 0.4) is 0 Å². The topological polar surface area (TPSA) is 68.5 Å². The molecule has 0 N–H and O–H groups in total. The van der Waals surface area contributed by atoms with Crippen molar-refractivity contribution in [3.8, 4) is 11.3 Å². The highest BCUT2D eigenvalue weighted by Gasteiger charge is 2.37. The Morgan fingerprint density at radius 2 is 2.22 bits per heavy atom. The molecule has 3 heterocycles. The van der Waals surface area contributed by atoms with Gasteiger partial charge in [0.25, 0.3) is 5.91 Å². The fourth-order valence-corrected chi connectivity index (χ4v) is 3.52.